The molecular weight excluding hydrogens is 388 g/mol. The molecule has 2 aliphatic heterocycles. The van der Waals surface area contributed by atoms with Crippen molar-refractivity contribution in [2.45, 2.75) is 45.3 Å². The maximum Gasteiger partial charge on any atom is 0.407 e. The molecule has 2 aromatic rings. The third-order valence-electron chi connectivity index (χ3n) is 5.83. The fraction of sp³-hybridized carbons (Fsp3) is 0.526. The van der Waals surface area contributed by atoms with Crippen molar-refractivity contribution in [3.05, 3.63) is 23.7 Å². The maximum absolute atomic E-state index is 12.0. The van der Waals surface area contributed by atoms with Crippen LogP contribution in [0.15, 0.2) is 12.4 Å². The zero-order valence-corrected chi connectivity index (χ0v) is 17.3. The molecule has 0 bridgehead atoms. The van der Waals surface area contributed by atoms with Crippen LogP contribution in [0, 0.1) is 6.92 Å². The summed E-state index contributed by atoms with van der Waals surface area (Å²) in [6.07, 6.45) is 4.43. The number of carbonyl (C=O) groups excluding carboxylic acids is 1. The summed E-state index contributed by atoms with van der Waals surface area (Å²) < 4.78 is 1.92. The van der Waals surface area contributed by atoms with Crippen molar-refractivity contribution in [2.75, 3.05) is 35.7 Å². The standard InChI is InChI=1S/C19H26N8O3/c1-11-15-16(25(3)12(2)17(28)23-15)24-18(22-11)20-8-13-9-21-27(10-13)14-4-6-26(7-5-14)19(29)30/h9-10,12,14H,4-8H2,1-3H3,(H,23,28)(H,29,30)(H,20,22,24)/t12-/m0/s1. The lowest BCUT2D eigenvalue weighted by Gasteiger charge is -2.32. The molecular formula is C19H26N8O3. The number of aromatic nitrogens is 4. The van der Waals surface area contributed by atoms with Crippen molar-refractivity contribution < 1.29 is 14.7 Å². The molecule has 11 nitrogen and oxygen atoms in total. The summed E-state index contributed by atoms with van der Waals surface area (Å²) in [5.41, 5.74) is 2.34. The van der Waals surface area contributed by atoms with Crippen LogP contribution in [-0.2, 0) is 11.3 Å². The first-order valence-electron chi connectivity index (χ1n) is 10.0. The molecule has 3 N–H and O–H groups in total. The molecule has 160 valence electrons. The van der Waals surface area contributed by atoms with Gasteiger partial charge in [-0.25, -0.2) is 9.78 Å². The van der Waals surface area contributed by atoms with Crippen LogP contribution in [0.4, 0.5) is 22.2 Å². The summed E-state index contributed by atoms with van der Waals surface area (Å²) in [7, 11) is 1.85. The van der Waals surface area contributed by atoms with Crippen molar-refractivity contribution in [3.8, 4) is 0 Å². The lowest BCUT2D eigenvalue weighted by atomic mass is 10.1. The number of nitrogens with zero attached hydrogens (tertiary/aromatic N) is 6. The van der Waals surface area contributed by atoms with E-state index in [9.17, 15) is 9.59 Å². The SMILES string of the molecule is Cc1nc(NCc2cnn(C3CCN(C(=O)O)CC3)c2)nc2c1NC(=O)[C@H](C)N2C. The Labute approximate surface area is 174 Å². The highest BCUT2D eigenvalue weighted by molar-refractivity contribution is 6.03. The van der Waals surface area contributed by atoms with Gasteiger partial charge in [0.1, 0.15) is 11.7 Å². The van der Waals surface area contributed by atoms with Crippen molar-refractivity contribution in [2.24, 2.45) is 0 Å². The van der Waals surface area contributed by atoms with Gasteiger partial charge in [0.2, 0.25) is 11.9 Å². The number of carbonyl (C=O) groups is 2. The second-order valence-corrected chi connectivity index (χ2v) is 7.79. The minimum atomic E-state index is -0.862. The number of likely N-dealkylation sites (tertiary alicyclic amines) is 1. The van der Waals surface area contributed by atoms with E-state index in [-0.39, 0.29) is 18.0 Å². The van der Waals surface area contributed by atoms with E-state index in [1.807, 2.05) is 36.7 Å². The summed E-state index contributed by atoms with van der Waals surface area (Å²) in [5, 5.41) is 19.6. The average molecular weight is 414 g/mol. The van der Waals surface area contributed by atoms with Gasteiger partial charge in [-0.05, 0) is 26.7 Å². The molecule has 2 aromatic heterocycles. The number of amides is 2. The number of fused-ring (bicyclic) bond motifs is 1. The maximum atomic E-state index is 12.0. The summed E-state index contributed by atoms with van der Waals surface area (Å²) in [4.78, 5) is 35.4. The van der Waals surface area contributed by atoms with Crippen molar-refractivity contribution in [1.29, 1.82) is 0 Å². The predicted octanol–water partition coefficient (Wildman–Crippen LogP) is 1.69. The number of hydrogen-bond acceptors (Lipinski definition) is 7. The number of anilines is 3. The molecule has 4 rings (SSSR count). The zero-order valence-electron chi connectivity index (χ0n) is 17.3. The molecule has 0 unspecified atom stereocenters. The van der Waals surface area contributed by atoms with Gasteiger partial charge in [-0.3, -0.25) is 9.48 Å². The Kier molecular flexibility index (Phi) is 5.18. The lowest BCUT2D eigenvalue weighted by molar-refractivity contribution is -0.117. The van der Waals surface area contributed by atoms with Crippen LogP contribution in [0.5, 0.6) is 0 Å². The summed E-state index contributed by atoms with van der Waals surface area (Å²) in [6, 6.07) is -0.0965. The fourth-order valence-corrected chi connectivity index (χ4v) is 3.80. The van der Waals surface area contributed by atoms with Gasteiger partial charge in [0.05, 0.1) is 17.9 Å². The third kappa shape index (κ3) is 3.74. The smallest absolute Gasteiger partial charge is 0.407 e. The van der Waals surface area contributed by atoms with E-state index in [0.29, 0.717) is 42.8 Å². The van der Waals surface area contributed by atoms with Crippen LogP contribution in [0.3, 0.4) is 0 Å². The Bertz CT molecular complexity index is 967. The molecule has 0 aromatic carbocycles. The minimum absolute atomic E-state index is 0.0704. The van der Waals surface area contributed by atoms with E-state index in [1.54, 1.807) is 6.20 Å². The van der Waals surface area contributed by atoms with E-state index in [2.05, 4.69) is 25.7 Å². The van der Waals surface area contributed by atoms with Gasteiger partial charge in [0.15, 0.2) is 5.82 Å². The van der Waals surface area contributed by atoms with Gasteiger partial charge in [0, 0.05) is 38.4 Å². The Morgan fingerprint density at radius 3 is 2.77 bits per heavy atom. The molecule has 1 fully saturated rings. The normalized spacial score (nSPS) is 19.4. The Hall–Kier alpha value is -3.37. The van der Waals surface area contributed by atoms with Gasteiger partial charge in [-0.15, -0.1) is 0 Å². The summed E-state index contributed by atoms with van der Waals surface area (Å²) >= 11 is 0. The van der Waals surface area contributed by atoms with Gasteiger partial charge in [-0.1, -0.05) is 0 Å². The van der Waals surface area contributed by atoms with E-state index >= 15 is 0 Å². The van der Waals surface area contributed by atoms with Gasteiger partial charge in [0.25, 0.3) is 0 Å². The monoisotopic (exact) mass is 414 g/mol. The number of likely N-dealkylation sites (N-methyl/N-ethyl adjacent to an activating group) is 1. The molecule has 30 heavy (non-hydrogen) atoms. The first-order chi connectivity index (χ1) is 14.3. The highest BCUT2D eigenvalue weighted by atomic mass is 16.4. The highest BCUT2D eigenvalue weighted by Gasteiger charge is 2.30. The van der Waals surface area contributed by atoms with Crippen molar-refractivity contribution in [3.63, 3.8) is 0 Å². The van der Waals surface area contributed by atoms with Crippen LogP contribution < -0.4 is 15.5 Å². The first kappa shape index (κ1) is 19.9. The number of piperidine rings is 1. The van der Waals surface area contributed by atoms with Gasteiger partial charge >= 0.3 is 6.09 Å². The van der Waals surface area contributed by atoms with Crippen LogP contribution >= 0.6 is 0 Å². The molecule has 0 spiro atoms. The van der Waals surface area contributed by atoms with Gasteiger partial charge in [-0.2, -0.15) is 10.1 Å². The summed E-state index contributed by atoms with van der Waals surface area (Å²) in [5.74, 6) is 1.11. The third-order valence-corrected chi connectivity index (χ3v) is 5.83. The molecule has 1 atom stereocenters. The fourth-order valence-electron chi connectivity index (χ4n) is 3.80. The van der Waals surface area contributed by atoms with Crippen LogP contribution in [0.1, 0.15) is 37.1 Å². The zero-order chi connectivity index (χ0) is 21.4. The molecule has 0 saturated carbocycles. The molecule has 1 saturated heterocycles. The second kappa shape index (κ2) is 7.81. The quantitative estimate of drug-likeness (QED) is 0.689. The first-order valence-corrected chi connectivity index (χ1v) is 10.0. The molecule has 0 aliphatic carbocycles. The van der Waals surface area contributed by atoms with Gasteiger partial charge < -0.3 is 25.5 Å². The largest absolute Gasteiger partial charge is 0.465 e. The van der Waals surface area contributed by atoms with E-state index in [0.717, 1.165) is 18.4 Å². The number of aryl methyl sites for hydroxylation is 1. The van der Waals surface area contributed by atoms with Crippen molar-refractivity contribution >= 4 is 29.5 Å². The number of hydrogen-bond donors (Lipinski definition) is 3. The van der Waals surface area contributed by atoms with E-state index < -0.39 is 6.09 Å². The highest BCUT2D eigenvalue weighted by Crippen LogP contribution is 2.32. The van der Waals surface area contributed by atoms with E-state index in [1.165, 1.54) is 4.90 Å². The summed E-state index contributed by atoms with van der Waals surface area (Å²) in [6.45, 7) is 5.24. The predicted molar refractivity (Wildman–Crippen MR) is 111 cm³/mol. The molecule has 2 aliphatic rings. The number of rotatable bonds is 4. The Balaban J connectivity index is 1.41. The lowest BCUT2D eigenvalue weighted by Crippen LogP contribution is -2.44. The Morgan fingerprint density at radius 1 is 1.33 bits per heavy atom. The second-order valence-electron chi connectivity index (χ2n) is 7.79. The minimum Gasteiger partial charge on any atom is -0.465 e. The molecule has 2 amide bonds. The van der Waals surface area contributed by atoms with Crippen LogP contribution in [-0.4, -0.2) is 67.9 Å². The average Bonchev–Trinajstić information content (AvgIpc) is 3.21. The molecule has 11 heteroatoms. The van der Waals surface area contributed by atoms with E-state index in [4.69, 9.17) is 5.11 Å². The van der Waals surface area contributed by atoms with Crippen LogP contribution in [0.25, 0.3) is 0 Å². The topological polar surface area (TPSA) is 129 Å². The van der Waals surface area contributed by atoms with Crippen molar-refractivity contribution in [1.82, 2.24) is 24.6 Å². The molecule has 4 heterocycles. The Morgan fingerprint density at radius 2 is 2.07 bits per heavy atom. The number of nitrogens with one attached hydrogen (secondary N) is 2. The molecule has 0 radical (unpaired) electrons. The number of carboxylic acid groups (broad SMARTS) is 1. The van der Waals surface area contributed by atoms with Crippen LogP contribution in [0.2, 0.25) is 0 Å².